The summed E-state index contributed by atoms with van der Waals surface area (Å²) in [7, 11) is 0. The summed E-state index contributed by atoms with van der Waals surface area (Å²) in [6, 6.07) is 3.46. The van der Waals surface area contributed by atoms with Crippen molar-refractivity contribution in [3.8, 4) is 5.88 Å². The van der Waals surface area contributed by atoms with E-state index >= 15 is 0 Å². The second kappa shape index (κ2) is 5.30. The molecular weight excluding hydrogens is 214 g/mol. The van der Waals surface area contributed by atoms with Gasteiger partial charge in [0.25, 0.3) is 0 Å². The van der Waals surface area contributed by atoms with Crippen LogP contribution in [0.3, 0.4) is 0 Å². The zero-order valence-electron chi connectivity index (χ0n) is 10.5. The molecule has 3 heteroatoms. The molecule has 3 nitrogen and oxygen atoms in total. The van der Waals surface area contributed by atoms with E-state index in [-0.39, 0.29) is 11.9 Å². The molecule has 0 saturated heterocycles. The zero-order chi connectivity index (χ0) is 12.3. The van der Waals surface area contributed by atoms with Crippen LogP contribution >= 0.6 is 0 Å². The molecule has 0 N–H and O–H groups in total. The summed E-state index contributed by atoms with van der Waals surface area (Å²) in [5.41, 5.74) is 0.665. The third kappa shape index (κ3) is 3.05. The number of hydrogen-bond acceptors (Lipinski definition) is 3. The topological polar surface area (TPSA) is 39.2 Å². The largest absolute Gasteiger partial charge is 0.474 e. The van der Waals surface area contributed by atoms with Gasteiger partial charge in [-0.25, -0.2) is 4.98 Å². The van der Waals surface area contributed by atoms with Gasteiger partial charge < -0.3 is 4.74 Å². The quantitative estimate of drug-likeness (QED) is 0.752. The number of ether oxygens (including phenoxy) is 1. The molecule has 1 aliphatic carbocycles. The standard InChI is InChI=1S/C14H19NO2/c1-10-5-3-4-6-13(10)17-14-9-12(11(2)16)7-8-15-14/h7-10,13H,3-6H2,1-2H3. The van der Waals surface area contributed by atoms with E-state index in [1.165, 1.54) is 19.3 Å². The Bertz CT molecular complexity index is 403. The van der Waals surface area contributed by atoms with Gasteiger partial charge in [-0.15, -0.1) is 0 Å². The summed E-state index contributed by atoms with van der Waals surface area (Å²) >= 11 is 0. The van der Waals surface area contributed by atoms with Crippen molar-refractivity contribution in [1.82, 2.24) is 4.98 Å². The first-order valence-electron chi connectivity index (χ1n) is 6.30. The first-order valence-corrected chi connectivity index (χ1v) is 6.30. The van der Waals surface area contributed by atoms with Gasteiger partial charge in [0.1, 0.15) is 6.10 Å². The first kappa shape index (κ1) is 12.1. The highest BCUT2D eigenvalue weighted by Crippen LogP contribution is 2.27. The smallest absolute Gasteiger partial charge is 0.214 e. The number of ketones is 1. The van der Waals surface area contributed by atoms with Crippen LogP contribution in [0.5, 0.6) is 5.88 Å². The summed E-state index contributed by atoms with van der Waals surface area (Å²) in [6.45, 7) is 3.78. The van der Waals surface area contributed by atoms with E-state index in [0.717, 1.165) is 6.42 Å². The van der Waals surface area contributed by atoms with Gasteiger partial charge in [0.15, 0.2) is 5.78 Å². The molecule has 0 bridgehead atoms. The Kier molecular flexibility index (Phi) is 3.77. The molecule has 2 rings (SSSR count). The Hall–Kier alpha value is -1.38. The van der Waals surface area contributed by atoms with E-state index in [0.29, 0.717) is 17.4 Å². The van der Waals surface area contributed by atoms with E-state index in [2.05, 4.69) is 11.9 Å². The number of aromatic nitrogens is 1. The number of rotatable bonds is 3. The Balaban J connectivity index is 2.07. The zero-order valence-corrected chi connectivity index (χ0v) is 10.5. The lowest BCUT2D eigenvalue weighted by atomic mass is 9.88. The molecule has 1 fully saturated rings. The lowest BCUT2D eigenvalue weighted by Crippen LogP contribution is -2.28. The van der Waals surface area contributed by atoms with Crippen molar-refractivity contribution < 1.29 is 9.53 Å². The van der Waals surface area contributed by atoms with Crippen LogP contribution in [0, 0.1) is 5.92 Å². The second-order valence-corrected chi connectivity index (χ2v) is 4.86. The van der Waals surface area contributed by atoms with Crippen molar-refractivity contribution in [2.24, 2.45) is 5.92 Å². The molecule has 1 aromatic rings. The first-order chi connectivity index (χ1) is 8.16. The molecule has 1 saturated carbocycles. The molecule has 2 unspecified atom stereocenters. The van der Waals surface area contributed by atoms with E-state index in [4.69, 9.17) is 4.74 Å². The Labute approximate surface area is 102 Å². The fourth-order valence-electron chi connectivity index (χ4n) is 2.31. The minimum absolute atomic E-state index is 0.0499. The molecule has 0 aliphatic heterocycles. The number of Topliss-reactive ketones (excluding diaryl/α,β-unsaturated/α-hetero) is 1. The normalized spacial score (nSPS) is 24.4. The van der Waals surface area contributed by atoms with Gasteiger partial charge in [-0.05, 0) is 38.2 Å². The van der Waals surface area contributed by atoms with Gasteiger partial charge in [0.2, 0.25) is 5.88 Å². The van der Waals surface area contributed by atoms with Crippen molar-refractivity contribution in [2.45, 2.75) is 45.6 Å². The van der Waals surface area contributed by atoms with Crippen molar-refractivity contribution in [3.63, 3.8) is 0 Å². The highest BCUT2D eigenvalue weighted by atomic mass is 16.5. The van der Waals surface area contributed by atoms with E-state index in [1.807, 2.05) is 0 Å². The summed E-state index contributed by atoms with van der Waals surface area (Å²) in [5.74, 6) is 1.21. The highest BCUT2D eigenvalue weighted by molar-refractivity contribution is 5.94. The molecule has 2 atom stereocenters. The van der Waals surface area contributed by atoms with Gasteiger partial charge in [-0.1, -0.05) is 13.3 Å². The molecule has 0 radical (unpaired) electrons. The fourth-order valence-corrected chi connectivity index (χ4v) is 2.31. The predicted molar refractivity (Wildman–Crippen MR) is 66.3 cm³/mol. The average Bonchev–Trinajstić information content (AvgIpc) is 2.32. The van der Waals surface area contributed by atoms with Crippen molar-refractivity contribution in [1.29, 1.82) is 0 Å². The van der Waals surface area contributed by atoms with Crippen molar-refractivity contribution in [3.05, 3.63) is 23.9 Å². The van der Waals surface area contributed by atoms with Crippen molar-refractivity contribution >= 4 is 5.78 Å². The van der Waals surface area contributed by atoms with Crippen LogP contribution in [0.15, 0.2) is 18.3 Å². The average molecular weight is 233 g/mol. The molecule has 1 aromatic heterocycles. The Morgan fingerprint density at radius 2 is 2.18 bits per heavy atom. The van der Waals surface area contributed by atoms with E-state index in [1.54, 1.807) is 25.3 Å². The number of nitrogens with zero attached hydrogens (tertiary/aromatic N) is 1. The Morgan fingerprint density at radius 1 is 1.41 bits per heavy atom. The number of hydrogen-bond donors (Lipinski definition) is 0. The summed E-state index contributed by atoms with van der Waals surface area (Å²) < 4.78 is 5.90. The molecule has 0 aromatic carbocycles. The maximum absolute atomic E-state index is 11.3. The molecule has 0 amide bonds. The van der Waals surface area contributed by atoms with Gasteiger partial charge in [0, 0.05) is 17.8 Å². The van der Waals surface area contributed by atoms with Gasteiger partial charge in [0.05, 0.1) is 0 Å². The van der Waals surface area contributed by atoms with Gasteiger partial charge in [-0.2, -0.15) is 0 Å². The minimum atomic E-state index is 0.0499. The summed E-state index contributed by atoms with van der Waals surface area (Å²) in [5, 5.41) is 0. The maximum Gasteiger partial charge on any atom is 0.214 e. The number of carbonyl (C=O) groups is 1. The molecule has 92 valence electrons. The second-order valence-electron chi connectivity index (χ2n) is 4.86. The van der Waals surface area contributed by atoms with Gasteiger partial charge in [-0.3, -0.25) is 4.79 Å². The van der Waals surface area contributed by atoms with Crippen molar-refractivity contribution in [2.75, 3.05) is 0 Å². The fraction of sp³-hybridized carbons (Fsp3) is 0.571. The van der Waals surface area contributed by atoms with Crippen LogP contribution in [0.1, 0.15) is 49.9 Å². The summed E-state index contributed by atoms with van der Waals surface area (Å²) in [6.07, 6.45) is 6.71. The van der Waals surface area contributed by atoms with Crippen LogP contribution < -0.4 is 4.74 Å². The molecule has 0 spiro atoms. The molecule has 1 heterocycles. The van der Waals surface area contributed by atoms with Crippen LogP contribution in [0.4, 0.5) is 0 Å². The van der Waals surface area contributed by atoms with Crippen LogP contribution in [0.2, 0.25) is 0 Å². The van der Waals surface area contributed by atoms with E-state index < -0.39 is 0 Å². The van der Waals surface area contributed by atoms with Crippen LogP contribution in [-0.4, -0.2) is 16.9 Å². The third-order valence-corrected chi connectivity index (χ3v) is 3.45. The lowest BCUT2D eigenvalue weighted by Gasteiger charge is -2.28. The summed E-state index contributed by atoms with van der Waals surface area (Å²) in [4.78, 5) is 15.4. The highest BCUT2D eigenvalue weighted by Gasteiger charge is 2.23. The van der Waals surface area contributed by atoms with Crippen LogP contribution in [-0.2, 0) is 0 Å². The monoisotopic (exact) mass is 233 g/mol. The molecular formula is C14H19NO2. The number of pyridine rings is 1. The number of carbonyl (C=O) groups excluding carboxylic acids is 1. The maximum atomic E-state index is 11.3. The Morgan fingerprint density at radius 3 is 2.88 bits per heavy atom. The van der Waals surface area contributed by atoms with Crippen LogP contribution in [0.25, 0.3) is 0 Å². The molecule has 17 heavy (non-hydrogen) atoms. The van der Waals surface area contributed by atoms with E-state index in [9.17, 15) is 4.79 Å². The minimum Gasteiger partial charge on any atom is -0.474 e. The lowest BCUT2D eigenvalue weighted by molar-refractivity contribution is 0.0961. The third-order valence-electron chi connectivity index (χ3n) is 3.45. The molecule has 1 aliphatic rings. The predicted octanol–water partition coefficient (Wildman–Crippen LogP) is 3.24. The van der Waals surface area contributed by atoms with Gasteiger partial charge >= 0.3 is 0 Å². The SMILES string of the molecule is CC(=O)c1ccnc(OC2CCCCC2C)c1.